The van der Waals surface area contributed by atoms with Crippen LogP contribution in [0.4, 0.5) is 0 Å². The van der Waals surface area contributed by atoms with Crippen molar-refractivity contribution in [2.45, 2.75) is 38.8 Å². The second kappa shape index (κ2) is 9.77. The maximum Gasteiger partial charge on any atom is 0.122 e. The van der Waals surface area contributed by atoms with Crippen molar-refractivity contribution in [3.8, 4) is 5.75 Å². The van der Waals surface area contributed by atoms with Gasteiger partial charge in [0.2, 0.25) is 0 Å². The van der Waals surface area contributed by atoms with Crippen LogP contribution < -0.4 is 10.1 Å². The van der Waals surface area contributed by atoms with Crippen LogP contribution in [0.3, 0.4) is 0 Å². The van der Waals surface area contributed by atoms with E-state index in [1.807, 2.05) is 12.1 Å². The van der Waals surface area contributed by atoms with E-state index in [2.05, 4.69) is 43.2 Å². The van der Waals surface area contributed by atoms with E-state index in [0.717, 1.165) is 31.7 Å². The molecule has 0 amide bonds. The average molecular weight is 294 g/mol. The van der Waals surface area contributed by atoms with E-state index >= 15 is 0 Å². The highest BCUT2D eigenvalue weighted by Crippen LogP contribution is 2.20. The minimum atomic E-state index is 0.191. The molecule has 2 unspecified atom stereocenters. The van der Waals surface area contributed by atoms with Gasteiger partial charge in [-0.2, -0.15) is 0 Å². The van der Waals surface area contributed by atoms with Crippen molar-refractivity contribution in [1.29, 1.82) is 0 Å². The fraction of sp³-hybridized carbons (Fsp3) is 0.647. The molecule has 0 saturated heterocycles. The molecular formula is C17H30N2O2. The van der Waals surface area contributed by atoms with E-state index in [4.69, 9.17) is 4.74 Å². The lowest BCUT2D eigenvalue weighted by Crippen LogP contribution is -2.38. The molecule has 120 valence electrons. The minimum absolute atomic E-state index is 0.191. The Morgan fingerprint density at radius 2 is 2.05 bits per heavy atom. The van der Waals surface area contributed by atoms with Gasteiger partial charge in [-0.25, -0.2) is 0 Å². The number of aliphatic hydroxyl groups excluding tert-OH is 1. The van der Waals surface area contributed by atoms with Crippen molar-refractivity contribution < 1.29 is 9.84 Å². The fourth-order valence-electron chi connectivity index (χ4n) is 2.47. The Balaban J connectivity index is 2.48. The molecule has 21 heavy (non-hydrogen) atoms. The van der Waals surface area contributed by atoms with Gasteiger partial charge in [0.15, 0.2) is 0 Å². The lowest BCUT2D eigenvalue weighted by Gasteiger charge is -2.27. The molecule has 0 aromatic heterocycles. The topological polar surface area (TPSA) is 44.7 Å². The average Bonchev–Trinajstić information content (AvgIpc) is 2.51. The van der Waals surface area contributed by atoms with Crippen LogP contribution in [0.5, 0.6) is 5.75 Å². The van der Waals surface area contributed by atoms with E-state index in [1.165, 1.54) is 5.56 Å². The Morgan fingerprint density at radius 3 is 2.67 bits per heavy atom. The predicted molar refractivity (Wildman–Crippen MR) is 88.0 cm³/mol. The molecule has 0 aliphatic heterocycles. The van der Waals surface area contributed by atoms with Gasteiger partial charge in [-0.15, -0.1) is 0 Å². The molecule has 2 atom stereocenters. The molecule has 0 saturated carbocycles. The third-order valence-electron chi connectivity index (χ3n) is 4.00. The summed E-state index contributed by atoms with van der Waals surface area (Å²) in [5, 5.41) is 12.6. The summed E-state index contributed by atoms with van der Waals surface area (Å²) in [5.41, 5.74) is 1.24. The number of benzene rings is 1. The molecule has 0 aliphatic carbocycles. The van der Waals surface area contributed by atoms with Crippen LogP contribution in [0.2, 0.25) is 0 Å². The van der Waals surface area contributed by atoms with Crippen LogP contribution >= 0.6 is 0 Å². The summed E-state index contributed by atoms with van der Waals surface area (Å²) in [6.45, 7) is 6.35. The Bertz CT molecular complexity index is 398. The molecule has 0 radical (unpaired) electrons. The number of likely N-dealkylation sites (N-methyl/N-ethyl adjacent to an activating group) is 2. The number of ether oxygens (including phenoxy) is 1. The molecule has 0 aliphatic rings. The second-order valence-electron chi connectivity index (χ2n) is 5.57. The van der Waals surface area contributed by atoms with Gasteiger partial charge < -0.3 is 20.1 Å². The van der Waals surface area contributed by atoms with Crippen LogP contribution in [-0.2, 0) is 6.42 Å². The van der Waals surface area contributed by atoms with Gasteiger partial charge in [0.05, 0.1) is 13.7 Å². The summed E-state index contributed by atoms with van der Waals surface area (Å²) >= 11 is 0. The Hall–Kier alpha value is -1.10. The fourth-order valence-corrected chi connectivity index (χ4v) is 2.47. The van der Waals surface area contributed by atoms with Gasteiger partial charge in [0, 0.05) is 12.1 Å². The Morgan fingerprint density at radius 1 is 1.33 bits per heavy atom. The van der Waals surface area contributed by atoms with Gasteiger partial charge in [-0.1, -0.05) is 25.1 Å². The summed E-state index contributed by atoms with van der Waals surface area (Å²) in [7, 11) is 3.86. The molecule has 1 aromatic carbocycles. The zero-order chi connectivity index (χ0) is 15.7. The maximum absolute atomic E-state index is 9.31. The van der Waals surface area contributed by atoms with Gasteiger partial charge in [0.1, 0.15) is 5.75 Å². The lowest BCUT2D eigenvalue weighted by atomic mass is 10.0. The second-order valence-corrected chi connectivity index (χ2v) is 5.57. The molecule has 1 rings (SSSR count). The summed E-state index contributed by atoms with van der Waals surface area (Å²) < 4.78 is 5.41. The molecule has 2 N–H and O–H groups in total. The highest BCUT2D eigenvalue weighted by molar-refractivity contribution is 5.33. The van der Waals surface area contributed by atoms with E-state index in [0.29, 0.717) is 6.04 Å². The molecule has 0 heterocycles. The Kier molecular flexibility index (Phi) is 8.35. The predicted octanol–water partition coefficient (Wildman–Crippen LogP) is 1.92. The zero-order valence-corrected chi connectivity index (χ0v) is 13.8. The number of rotatable bonds is 10. The first-order valence-corrected chi connectivity index (χ1v) is 7.78. The van der Waals surface area contributed by atoms with Gasteiger partial charge in [0.25, 0.3) is 0 Å². The molecule has 4 nitrogen and oxygen atoms in total. The number of hydrogen-bond acceptors (Lipinski definition) is 4. The zero-order valence-electron chi connectivity index (χ0n) is 13.8. The van der Waals surface area contributed by atoms with E-state index < -0.39 is 0 Å². The van der Waals surface area contributed by atoms with Gasteiger partial charge in [-0.3, -0.25) is 0 Å². The van der Waals surface area contributed by atoms with Crippen molar-refractivity contribution in [3.63, 3.8) is 0 Å². The van der Waals surface area contributed by atoms with Crippen molar-refractivity contribution >= 4 is 0 Å². The van der Waals surface area contributed by atoms with Crippen LogP contribution in [-0.4, -0.2) is 55.9 Å². The van der Waals surface area contributed by atoms with Crippen molar-refractivity contribution in [2.75, 3.05) is 33.9 Å². The number of hydrogen-bond donors (Lipinski definition) is 2. The van der Waals surface area contributed by atoms with Crippen LogP contribution in [0, 0.1) is 0 Å². The van der Waals surface area contributed by atoms with Gasteiger partial charge in [-0.05, 0) is 51.5 Å². The SMILES string of the molecule is CCNC(CO)CCN(C)C(C)Cc1ccccc1OC. The third kappa shape index (κ3) is 6.04. The Labute approximate surface area is 129 Å². The van der Waals surface area contributed by atoms with E-state index in [-0.39, 0.29) is 12.6 Å². The van der Waals surface area contributed by atoms with Gasteiger partial charge >= 0.3 is 0 Å². The first kappa shape index (κ1) is 18.0. The van der Waals surface area contributed by atoms with E-state index in [9.17, 15) is 5.11 Å². The number of aliphatic hydroxyl groups is 1. The lowest BCUT2D eigenvalue weighted by molar-refractivity contribution is 0.200. The quantitative estimate of drug-likeness (QED) is 0.692. The number of para-hydroxylation sites is 1. The van der Waals surface area contributed by atoms with Crippen molar-refractivity contribution in [2.24, 2.45) is 0 Å². The highest BCUT2D eigenvalue weighted by atomic mass is 16.5. The molecule has 1 aromatic rings. The number of nitrogens with zero attached hydrogens (tertiary/aromatic N) is 1. The highest BCUT2D eigenvalue weighted by Gasteiger charge is 2.14. The largest absolute Gasteiger partial charge is 0.496 e. The first-order chi connectivity index (χ1) is 10.1. The molecule has 0 spiro atoms. The third-order valence-corrected chi connectivity index (χ3v) is 4.00. The van der Waals surface area contributed by atoms with Crippen molar-refractivity contribution in [3.05, 3.63) is 29.8 Å². The summed E-state index contributed by atoms with van der Waals surface area (Å²) in [5.74, 6) is 0.957. The molecule has 0 bridgehead atoms. The van der Waals surface area contributed by atoms with Crippen LogP contribution in [0.1, 0.15) is 25.8 Å². The monoisotopic (exact) mass is 294 g/mol. The first-order valence-electron chi connectivity index (χ1n) is 7.78. The minimum Gasteiger partial charge on any atom is -0.496 e. The molecule has 0 fully saturated rings. The van der Waals surface area contributed by atoms with Crippen LogP contribution in [0.25, 0.3) is 0 Å². The normalized spacial score (nSPS) is 14.2. The smallest absolute Gasteiger partial charge is 0.122 e. The maximum atomic E-state index is 9.31. The number of methoxy groups -OCH3 is 1. The molecule has 4 heteroatoms. The van der Waals surface area contributed by atoms with Crippen molar-refractivity contribution in [1.82, 2.24) is 10.2 Å². The molecular weight excluding hydrogens is 264 g/mol. The van der Waals surface area contributed by atoms with Crippen LogP contribution in [0.15, 0.2) is 24.3 Å². The summed E-state index contributed by atoms with van der Waals surface area (Å²) in [6, 6.07) is 8.81. The standard InChI is InChI=1S/C17H30N2O2/c1-5-18-16(13-20)10-11-19(3)14(2)12-15-8-6-7-9-17(15)21-4/h6-9,14,16,18,20H,5,10-13H2,1-4H3. The van der Waals surface area contributed by atoms with E-state index in [1.54, 1.807) is 7.11 Å². The number of nitrogens with one attached hydrogen (secondary N) is 1. The summed E-state index contributed by atoms with van der Waals surface area (Å²) in [4.78, 5) is 2.34. The summed E-state index contributed by atoms with van der Waals surface area (Å²) in [6.07, 6.45) is 1.92.